The van der Waals surface area contributed by atoms with Gasteiger partial charge in [0, 0.05) is 30.2 Å². The molecule has 0 saturated carbocycles. The predicted octanol–water partition coefficient (Wildman–Crippen LogP) is 2.45. The molecule has 88 valence electrons. The summed E-state index contributed by atoms with van der Waals surface area (Å²) in [6, 6.07) is 10.1. The van der Waals surface area contributed by atoms with Gasteiger partial charge in [-0.15, -0.1) is 0 Å². The maximum atomic E-state index is 9.71. The third-order valence-corrected chi connectivity index (χ3v) is 3.27. The van der Waals surface area contributed by atoms with Crippen LogP contribution in [0.25, 0.3) is 10.9 Å². The molecule has 1 aromatic carbocycles. The van der Waals surface area contributed by atoms with Gasteiger partial charge in [0.25, 0.3) is 0 Å². The van der Waals surface area contributed by atoms with Crippen molar-refractivity contribution in [2.45, 2.75) is 25.0 Å². The summed E-state index contributed by atoms with van der Waals surface area (Å²) in [5.41, 5.74) is 2.07. The van der Waals surface area contributed by atoms with Crippen LogP contribution < -0.4 is 0 Å². The number of hydrogen-bond acceptors (Lipinski definition) is 3. The van der Waals surface area contributed by atoms with Crippen LogP contribution in [-0.2, 0) is 4.74 Å². The fourth-order valence-electron chi connectivity index (χ4n) is 2.38. The molecule has 0 amide bonds. The Labute approximate surface area is 100 Å². The van der Waals surface area contributed by atoms with Crippen LogP contribution in [0.3, 0.4) is 0 Å². The van der Waals surface area contributed by atoms with E-state index in [1.807, 2.05) is 30.3 Å². The second-order valence-corrected chi connectivity index (χ2v) is 4.46. The molecule has 3 heteroatoms. The molecule has 3 rings (SSSR count). The van der Waals surface area contributed by atoms with Crippen molar-refractivity contribution in [2.24, 2.45) is 0 Å². The van der Waals surface area contributed by atoms with Gasteiger partial charge in [-0.05, 0) is 12.5 Å². The standard InChI is InChI=1S/C14H15NO2/c16-11-6-8-17-13(9-11)12-5-1-3-10-4-2-7-15-14(10)12/h1-5,7,11,13,16H,6,8-9H2. The molecule has 2 unspecified atom stereocenters. The maximum absolute atomic E-state index is 9.71. The topological polar surface area (TPSA) is 42.4 Å². The van der Waals surface area contributed by atoms with Gasteiger partial charge in [0.15, 0.2) is 0 Å². The van der Waals surface area contributed by atoms with E-state index >= 15 is 0 Å². The summed E-state index contributed by atoms with van der Waals surface area (Å²) in [7, 11) is 0. The minimum Gasteiger partial charge on any atom is -0.393 e. The minimum atomic E-state index is -0.257. The first-order valence-electron chi connectivity index (χ1n) is 5.98. The highest BCUT2D eigenvalue weighted by atomic mass is 16.5. The molecule has 2 aromatic rings. The van der Waals surface area contributed by atoms with E-state index in [2.05, 4.69) is 4.98 Å². The Morgan fingerprint density at radius 2 is 2.12 bits per heavy atom. The summed E-state index contributed by atoms with van der Waals surface area (Å²) < 4.78 is 5.74. The van der Waals surface area contributed by atoms with Gasteiger partial charge >= 0.3 is 0 Å². The number of aliphatic hydroxyl groups is 1. The van der Waals surface area contributed by atoms with Crippen LogP contribution >= 0.6 is 0 Å². The van der Waals surface area contributed by atoms with E-state index in [-0.39, 0.29) is 12.2 Å². The van der Waals surface area contributed by atoms with Crippen LogP contribution in [0.1, 0.15) is 24.5 Å². The van der Waals surface area contributed by atoms with E-state index in [9.17, 15) is 5.11 Å². The molecule has 1 aromatic heterocycles. The van der Waals surface area contributed by atoms with Crippen LogP contribution in [0.15, 0.2) is 36.5 Å². The Balaban J connectivity index is 2.04. The number of nitrogens with zero attached hydrogens (tertiary/aromatic N) is 1. The number of hydrogen-bond donors (Lipinski definition) is 1. The Morgan fingerprint density at radius 1 is 1.24 bits per heavy atom. The molecule has 2 atom stereocenters. The van der Waals surface area contributed by atoms with Crippen LogP contribution in [0.4, 0.5) is 0 Å². The summed E-state index contributed by atoms with van der Waals surface area (Å²) in [6.07, 6.45) is 2.90. The average Bonchev–Trinajstić information content (AvgIpc) is 2.38. The summed E-state index contributed by atoms with van der Waals surface area (Å²) in [5.74, 6) is 0. The number of benzene rings is 1. The van der Waals surface area contributed by atoms with Crippen molar-refractivity contribution in [2.75, 3.05) is 6.61 Å². The zero-order valence-electron chi connectivity index (χ0n) is 9.54. The number of aromatic nitrogens is 1. The molecule has 1 aliphatic rings. The maximum Gasteiger partial charge on any atom is 0.0870 e. The van der Waals surface area contributed by atoms with Crippen LogP contribution in [0, 0.1) is 0 Å². The van der Waals surface area contributed by atoms with Crippen LogP contribution in [0.2, 0.25) is 0 Å². The number of aliphatic hydroxyl groups excluding tert-OH is 1. The van der Waals surface area contributed by atoms with Gasteiger partial charge in [0.2, 0.25) is 0 Å². The normalized spacial score (nSPS) is 25.0. The zero-order valence-corrected chi connectivity index (χ0v) is 9.54. The van der Waals surface area contributed by atoms with Gasteiger partial charge in [-0.1, -0.05) is 24.3 Å². The zero-order chi connectivity index (χ0) is 11.7. The lowest BCUT2D eigenvalue weighted by Crippen LogP contribution is -2.23. The lowest BCUT2D eigenvalue weighted by atomic mass is 9.97. The van der Waals surface area contributed by atoms with Gasteiger partial charge in [0.05, 0.1) is 17.7 Å². The molecule has 1 saturated heterocycles. The molecule has 2 heterocycles. The number of pyridine rings is 1. The van der Waals surface area contributed by atoms with Crippen molar-refractivity contribution in [1.82, 2.24) is 4.98 Å². The monoisotopic (exact) mass is 229 g/mol. The number of rotatable bonds is 1. The van der Waals surface area contributed by atoms with Gasteiger partial charge in [0.1, 0.15) is 0 Å². The summed E-state index contributed by atoms with van der Waals surface area (Å²) in [4.78, 5) is 4.42. The highest BCUT2D eigenvalue weighted by Crippen LogP contribution is 2.31. The third-order valence-electron chi connectivity index (χ3n) is 3.27. The first-order valence-corrected chi connectivity index (χ1v) is 5.98. The summed E-state index contributed by atoms with van der Waals surface area (Å²) >= 11 is 0. The number of fused-ring (bicyclic) bond motifs is 1. The Hall–Kier alpha value is -1.45. The number of ether oxygens (including phenoxy) is 1. The Kier molecular flexibility index (Phi) is 2.79. The molecule has 17 heavy (non-hydrogen) atoms. The van der Waals surface area contributed by atoms with E-state index in [0.29, 0.717) is 13.0 Å². The number of para-hydroxylation sites is 1. The average molecular weight is 229 g/mol. The predicted molar refractivity (Wildman–Crippen MR) is 65.7 cm³/mol. The van der Waals surface area contributed by atoms with E-state index in [0.717, 1.165) is 22.9 Å². The highest BCUT2D eigenvalue weighted by molar-refractivity contribution is 5.81. The smallest absolute Gasteiger partial charge is 0.0870 e. The van der Waals surface area contributed by atoms with Gasteiger partial charge in [-0.25, -0.2) is 0 Å². The fourth-order valence-corrected chi connectivity index (χ4v) is 2.38. The first kappa shape index (κ1) is 10.7. The van der Waals surface area contributed by atoms with E-state index in [1.165, 1.54) is 0 Å². The third kappa shape index (κ3) is 2.04. The summed E-state index contributed by atoms with van der Waals surface area (Å²) in [6.45, 7) is 0.620. The van der Waals surface area contributed by atoms with Gasteiger partial charge in [-0.3, -0.25) is 4.98 Å². The van der Waals surface area contributed by atoms with E-state index in [1.54, 1.807) is 6.20 Å². The molecule has 0 aliphatic carbocycles. The van der Waals surface area contributed by atoms with Gasteiger partial charge < -0.3 is 9.84 Å². The molecular weight excluding hydrogens is 214 g/mol. The molecule has 1 fully saturated rings. The van der Waals surface area contributed by atoms with Crippen molar-refractivity contribution in [3.8, 4) is 0 Å². The minimum absolute atomic E-state index is 0.0302. The fraction of sp³-hybridized carbons (Fsp3) is 0.357. The van der Waals surface area contributed by atoms with Crippen molar-refractivity contribution in [1.29, 1.82) is 0 Å². The molecule has 0 bridgehead atoms. The van der Waals surface area contributed by atoms with Crippen molar-refractivity contribution in [3.63, 3.8) is 0 Å². The SMILES string of the molecule is OC1CCOC(c2cccc3cccnc23)C1. The lowest BCUT2D eigenvalue weighted by molar-refractivity contribution is -0.0442. The van der Waals surface area contributed by atoms with E-state index < -0.39 is 0 Å². The second-order valence-electron chi connectivity index (χ2n) is 4.46. The molecule has 1 aliphatic heterocycles. The molecular formula is C14H15NO2. The quantitative estimate of drug-likeness (QED) is 0.816. The summed E-state index contributed by atoms with van der Waals surface area (Å²) in [5, 5.41) is 10.8. The van der Waals surface area contributed by atoms with Crippen LogP contribution in [-0.4, -0.2) is 22.8 Å². The Morgan fingerprint density at radius 3 is 3.00 bits per heavy atom. The Bertz CT molecular complexity index is 521. The van der Waals surface area contributed by atoms with Gasteiger partial charge in [-0.2, -0.15) is 0 Å². The van der Waals surface area contributed by atoms with E-state index in [4.69, 9.17) is 4.74 Å². The molecule has 1 N–H and O–H groups in total. The van der Waals surface area contributed by atoms with Crippen molar-refractivity contribution >= 4 is 10.9 Å². The largest absolute Gasteiger partial charge is 0.393 e. The van der Waals surface area contributed by atoms with Crippen molar-refractivity contribution < 1.29 is 9.84 Å². The second kappa shape index (κ2) is 4.43. The first-order chi connectivity index (χ1) is 8.34. The van der Waals surface area contributed by atoms with Crippen LogP contribution in [0.5, 0.6) is 0 Å². The molecule has 3 nitrogen and oxygen atoms in total. The molecule has 0 radical (unpaired) electrons. The van der Waals surface area contributed by atoms with Crippen molar-refractivity contribution in [3.05, 3.63) is 42.1 Å². The molecule has 0 spiro atoms. The lowest BCUT2D eigenvalue weighted by Gasteiger charge is -2.27. The highest BCUT2D eigenvalue weighted by Gasteiger charge is 2.23.